The van der Waals surface area contributed by atoms with E-state index in [-0.39, 0.29) is 28.2 Å². The molecule has 2 unspecified atom stereocenters. The number of allylic oxidation sites excluding steroid dienone is 3. The largest absolute Gasteiger partial charge is 0.378 e. The van der Waals surface area contributed by atoms with Crippen LogP contribution in [0.2, 0.25) is 0 Å². The fourth-order valence-electron chi connectivity index (χ4n) is 10.7. The molecule has 58 heavy (non-hydrogen) atoms. The molecule has 0 amide bonds. The molecule has 0 fully saturated rings. The predicted octanol–water partition coefficient (Wildman–Crippen LogP) is 14.9. The van der Waals surface area contributed by atoms with Crippen molar-refractivity contribution in [1.82, 2.24) is 0 Å². The topological polar surface area (TPSA) is 15.3 Å². The number of rotatable bonds is 5. The molecular formula is C56H52N2. The molecule has 3 heterocycles. The Morgan fingerprint density at radius 3 is 1.72 bits per heavy atom. The first-order chi connectivity index (χ1) is 28.0. The van der Waals surface area contributed by atoms with Crippen LogP contribution in [0.25, 0.3) is 33.0 Å². The normalized spacial score (nSPS) is 20.6. The number of hydrogen-bond acceptors (Lipinski definition) is 2. The highest BCUT2D eigenvalue weighted by molar-refractivity contribution is 6.06. The smallest absolute Gasteiger partial charge is 0.0540 e. The molecule has 2 aliphatic carbocycles. The molecule has 8 bridgehead atoms. The Morgan fingerprint density at radius 1 is 0.517 bits per heavy atom. The molecule has 1 N–H and O–H groups in total. The van der Waals surface area contributed by atoms with Crippen LogP contribution >= 0.6 is 0 Å². The minimum atomic E-state index is -0.325. The number of anilines is 4. The first-order valence-electron chi connectivity index (χ1n) is 21.0. The lowest BCUT2D eigenvalue weighted by molar-refractivity contribution is 0.438. The Bertz CT molecular complexity index is 2750. The van der Waals surface area contributed by atoms with Crippen LogP contribution < -0.4 is 10.2 Å². The molecule has 0 saturated heterocycles. The molecule has 0 aromatic heterocycles. The van der Waals surface area contributed by atoms with Crippen molar-refractivity contribution in [1.29, 1.82) is 0 Å². The van der Waals surface area contributed by atoms with Gasteiger partial charge in [0.2, 0.25) is 0 Å². The molecule has 0 spiro atoms. The van der Waals surface area contributed by atoms with Gasteiger partial charge in [-0.15, -0.1) is 0 Å². The molecule has 2 atom stereocenters. The highest BCUT2D eigenvalue weighted by Crippen LogP contribution is 2.58. The maximum absolute atomic E-state index is 4.23. The van der Waals surface area contributed by atoms with Gasteiger partial charge in [0.25, 0.3) is 0 Å². The van der Waals surface area contributed by atoms with Crippen LogP contribution in [0.3, 0.4) is 0 Å². The zero-order valence-electron chi connectivity index (χ0n) is 34.8. The van der Waals surface area contributed by atoms with Gasteiger partial charge >= 0.3 is 0 Å². The van der Waals surface area contributed by atoms with Gasteiger partial charge in [-0.3, -0.25) is 0 Å². The lowest BCUT2D eigenvalue weighted by Gasteiger charge is -2.49. The average Bonchev–Trinajstić information content (AvgIpc) is 3.23. The van der Waals surface area contributed by atoms with Crippen LogP contribution in [0, 0.1) is 0 Å². The van der Waals surface area contributed by atoms with Crippen LogP contribution in [0.1, 0.15) is 82.2 Å². The van der Waals surface area contributed by atoms with Gasteiger partial charge in [-0.2, -0.15) is 0 Å². The Kier molecular flexibility index (Phi) is 8.26. The van der Waals surface area contributed by atoms with Crippen molar-refractivity contribution >= 4 is 33.5 Å². The molecular weight excluding hydrogens is 701 g/mol. The third kappa shape index (κ3) is 5.45. The van der Waals surface area contributed by atoms with E-state index in [1.807, 2.05) is 0 Å². The molecule has 7 aromatic carbocycles. The van der Waals surface area contributed by atoms with Crippen molar-refractivity contribution in [3.05, 3.63) is 203 Å². The lowest BCUT2D eigenvalue weighted by Crippen LogP contribution is -2.42. The number of nitrogens with zero attached hydrogens (tertiary/aromatic N) is 1. The minimum absolute atomic E-state index is 0.112. The van der Waals surface area contributed by atoms with E-state index in [4.69, 9.17) is 0 Å². The Balaban J connectivity index is 1.27. The SMILES string of the molecule is CC1Nc2c3cc(-c4ccc(N(c5ccccc5)c5ccccc5)c5ccccc45)cc2C(C)(C)C2/C=C\C=C/1C(C)(C)c1cc(-c4ccccc4)cc(c12)C3(C)C. The highest BCUT2D eigenvalue weighted by Gasteiger charge is 2.47. The van der Waals surface area contributed by atoms with Crippen LogP contribution in [-0.4, -0.2) is 6.04 Å². The standard InChI is InChI=1S/C56H52N2/c1-36-45-28-19-29-46-52-47(54(45,2)3)32-38(37-20-11-8-12-21-37)33-48(52)56(6,7)50-35-39(34-49(53(50)57-36)55(46,4)5)42-30-31-51(44-27-18-17-26-43(42)44)58(40-22-13-9-14-23-40)41-24-15-10-16-25-41/h8-36,46,57H,1-7H3/b29-19-,45-28+. The summed E-state index contributed by atoms with van der Waals surface area (Å²) < 4.78 is 0. The van der Waals surface area contributed by atoms with Crippen molar-refractivity contribution < 1.29 is 0 Å². The summed E-state index contributed by atoms with van der Waals surface area (Å²) in [6.07, 6.45) is 7.29. The fourth-order valence-corrected chi connectivity index (χ4v) is 10.7. The van der Waals surface area contributed by atoms with Gasteiger partial charge in [-0.05, 0) is 123 Å². The van der Waals surface area contributed by atoms with E-state index in [2.05, 4.69) is 229 Å². The van der Waals surface area contributed by atoms with Crippen LogP contribution in [-0.2, 0) is 16.2 Å². The first-order valence-corrected chi connectivity index (χ1v) is 21.0. The number of nitrogens with one attached hydrogen (secondary N) is 1. The van der Waals surface area contributed by atoms with Crippen molar-refractivity contribution in [2.75, 3.05) is 10.2 Å². The van der Waals surface area contributed by atoms with Gasteiger partial charge in [0.15, 0.2) is 0 Å². The minimum Gasteiger partial charge on any atom is -0.378 e. The van der Waals surface area contributed by atoms with Gasteiger partial charge in [-0.25, -0.2) is 0 Å². The lowest BCUT2D eigenvalue weighted by atomic mass is 9.56. The van der Waals surface area contributed by atoms with E-state index in [1.165, 1.54) is 72.1 Å². The molecule has 2 heteroatoms. The monoisotopic (exact) mass is 752 g/mol. The maximum atomic E-state index is 4.23. The average molecular weight is 753 g/mol. The highest BCUT2D eigenvalue weighted by atomic mass is 15.1. The second-order valence-corrected chi connectivity index (χ2v) is 18.3. The van der Waals surface area contributed by atoms with Crippen LogP contribution in [0.15, 0.2) is 175 Å². The summed E-state index contributed by atoms with van der Waals surface area (Å²) >= 11 is 0. The third-order valence-electron chi connectivity index (χ3n) is 13.8. The molecule has 2 nitrogen and oxygen atoms in total. The quantitative estimate of drug-likeness (QED) is 0.188. The van der Waals surface area contributed by atoms with E-state index in [1.54, 1.807) is 0 Å². The first kappa shape index (κ1) is 36.2. The fraction of sp³-hybridized carbons (Fsp3) is 0.214. The van der Waals surface area contributed by atoms with Gasteiger partial charge in [0.1, 0.15) is 0 Å². The van der Waals surface area contributed by atoms with Gasteiger partial charge in [0.05, 0.1) is 5.69 Å². The van der Waals surface area contributed by atoms with E-state index < -0.39 is 0 Å². The number of para-hydroxylation sites is 2. The summed E-state index contributed by atoms with van der Waals surface area (Å²) in [5.74, 6) is 0.153. The Labute approximate surface area is 344 Å². The van der Waals surface area contributed by atoms with Gasteiger partial charge < -0.3 is 10.2 Å². The van der Waals surface area contributed by atoms with Gasteiger partial charge in [0, 0.05) is 50.7 Å². The zero-order valence-corrected chi connectivity index (χ0v) is 34.8. The zero-order chi connectivity index (χ0) is 40.0. The molecule has 12 rings (SSSR count). The summed E-state index contributed by atoms with van der Waals surface area (Å²) in [6, 6.07) is 56.4. The number of hydrogen-bond donors (Lipinski definition) is 1. The van der Waals surface area contributed by atoms with Crippen molar-refractivity contribution in [3.8, 4) is 22.3 Å². The van der Waals surface area contributed by atoms with E-state index in [0.29, 0.717) is 0 Å². The molecule has 7 aromatic rings. The summed E-state index contributed by atoms with van der Waals surface area (Å²) in [7, 11) is 0. The summed E-state index contributed by atoms with van der Waals surface area (Å²) in [6.45, 7) is 17.2. The third-order valence-corrected chi connectivity index (χ3v) is 13.8. The molecule has 5 aliphatic rings. The maximum Gasteiger partial charge on any atom is 0.0540 e. The molecule has 286 valence electrons. The van der Waals surface area contributed by atoms with E-state index in [9.17, 15) is 0 Å². The summed E-state index contributed by atoms with van der Waals surface area (Å²) in [5, 5.41) is 6.69. The molecule has 3 aliphatic heterocycles. The van der Waals surface area contributed by atoms with Crippen molar-refractivity contribution in [3.63, 3.8) is 0 Å². The number of benzene rings is 7. The van der Waals surface area contributed by atoms with Crippen molar-refractivity contribution in [2.24, 2.45) is 0 Å². The number of fused-ring (bicyclic) bond motifs is 2. The van der Waals surface area contributed by atoms with Crippen molar-refractivity contribution in [2.45, 2.75) is 76.7 Å². The van der Waals surface area contributed by atoms with Gasteiger partial charge in [-0.1, -0.05) is 157 Å². The van der Waals surface area contributed by atoms with Crippen LogP contribution in [0.4, 0.5) is 22.7 Å². The Morgan fingerprint density at radius 2 is 1.07 bits per heavy atom. The predicted molar refractivity (Wildman–Crippen MR) is 247 cm³/mol. The molecule has 0 saturated carbocycles. The van der Waals surface area contributed by atoms with Crippen LogP contribution in [0.5, 0.6) is 0 Å². The summed E-state index contributed by atoms with van der Waals surface area (Å²) in [5.41, 5.74) is 17.5. The summed E-state index contributed by atoms with van der Waals surface area (Å²) in [4.78, 5) is 2.39. The van der Waals surface area contributed by atoms with E-state index >= 15 is 0 Å². The Hall–Kier alpha value is -6.12. The molecule has 0 radical (unpaired) electrons. The second-order valence-electron chi connectivity index (χ2n) is 18.3. The van der Waals surface area contributed by atoms with E-state index in [0.717, 1.165) is 17.1 Å². The second kappa shape index (κ2) is 13.2.